The van der Waals surface area contributed by atoms with Crippen molar-refractivity contribution in [3.63, 3.8) is 0 Å². The molecule has 4 rings (SSSR count). The number of amides is 2. The summed E-state index contributed by atoms with van der Waals surface area (Å²) < 4.78 is 1.78. The van der Waals surface area contributed by atoms with Gasteiger partial charge in [0, 0.05) is 31.0 Å². The smallest absolute Gasteiger partial charge is 0.229 e. The number of pyridine rings is 1. The Morgan fingerprint density at radius 2 is 2.07 bits per heavy atom. The lowest BCUT2D eigenvalue weighted by Crippen LogP contribution is -2.28. The zero-order valence-electron chi connectivity index (χ0n) is 15.8. The van der Waals surface area contributed by atoms with Crippen molar-refractivity contribution in [3.05, 3.63) is 66.4 Å². The molecule has 3 heterocycles. The topological polar surface area (TPSA) is 80.1 Å². The van der Waals surface area contributed by atoms with Gasteiger partial charge in [-0.05, 0) is 43.2 Å². The largest absolute Gasteiger partial charge is 0.324 e. The minimum absolute atomic E-state index is 0.0255. The Morgan fingerprint density at radius 3 is 2.79 bits per heavy atom. The number of imidazole rings is 1. The van der Waals surface area contributed by atoms with E-state index in [2.05, 4.69) is 15.3 Å². The predicted molar refractivity (Wildman–Crippen MR) is 106 cm³/mol. The molecular weight excluding hydrogens is 354 g/mol. The molecule has 0 spiro atoms. The molecule has 1 atom stereocenters. The second-order valence-corrected chi connectivity index (χ2v) is 6.99. The van der Waals surface area contributed by atoms with Gasteiger partial charge in [0.15, 0.2) is 0 Å². The number of carbonyl (C=O) groups excluding carboxylic acids is 2. The first kappa shape index (κ1) is 17.9. The van der Waals surface area contributed by atoms with Crippen LogP contribution in [0.3, 0.4) is 0 Å². The van der Waals surface area contributed by atoms with E-state index in [0.29, 0.717) is 18.1 Å². The van der Waals surface area contributed by atoms with Crippen LogP contribution in [0.15, 0.2) is 55.2 Å². The zero-order valence-corrected chi connectivity index (χ0v) is 15.8. The highest BCUT2D eigenvalue weighted by Gasteiger charge is 2.35. The molecule has 1 saturated heterocycles. The fourth-order valence-electron chi connectivity index (χ4n) is 3.40. The predicted octanol–water partition coefficient (Wildman–Crippen LogP) is 2.88. The summed E-state index contributed by atoms with van der Waals surface area (Å²) in [6.07, 6.45) is 6.95. The number of rotatable bonds is 4. The van der Waals surface area contributed by atoms with Crippen molar-refractivity contribution in [2.24, 2.45) is 5.92 Å². The van der Waals surface area contributed by atoms with Gasteiger partial charge in [0.2, 0.25) is 11.8 Å². The number of aromatic nitrogens is 3. The van der Waals surface area contributed by atoms with Crippen LogP contribution in [0.1, 0.15) is 17.5 Å². The number of nitrogens with one attached hydrogen (secondary N) is 1. The minimum atomic E-state index is -0.388. The fraction of sp³-hybridized carbons (Fsp3) is 0.238. The summed E-state index contributed by atoms with van der Waals surface area (Å²) in [5.41, 5.74) is 3.68. The highest BCUT2D eigenvalue weighted by molar-refractivity contribution is 6.03. The monoisotopic (exact) mass is 375 g/mol. The molecule has 1 unspecified atom stereocenters. The molecule has 2 aromatic heterocycles. The molecule has 1 aromatic carbocycles. The fourth-order valence-corrected chi connectivity index (χ4v) is 3.40. The molecule has 142 valence electrons. The number of benzene rings is 1. The van der Waals surface area contributed by atoms with E-state index in [1.165, 1.54) is 0 Å². The lowest BCUT2D eigenvalue weighted by Gasteiger charge is -2.20. The summed E-state index contributed by atoms with van der Waals surface area (Å²) in [5, 5.41) is 2.87. The molecular formula is C21H21N5O2. The van der Waals surface area contributed by atoms with Gasteiger partial charge in [-0.1, -0.05) is 12.1 Å². The van der Waals surface area contributed by atoms with Crippen LogP contribution in [-0.2, 0) is 9.59 Å². The number of hydrogen-bond acceptors (Lipinski definition) is 4. The number of aryl methyl sites for hydroxylation is 1. The molecule has 0 radical (unpaired) electrons. The Kier molecular flexibility index (Phi) is 4.65. The van der Waals surface area contributed by atoms with Crippen molar-refractivity contribution in [2.75, 3.05) is 16.8 Å². The van der Waals surface area contributed by atoms with E-state index in [9.17, 15) is 9.59 Å². The first-order valence-electron chi connectivity index (χ1n) is 9.15. The summed E-state index contributed by atoms with van der Waals surface area (Å²) in [4.78, 5) is 35.2. The second-order valence-electron chi connectivity index (χ2n) is 6.99. The van der Waals surface area contributed by atoms with Gasteiger partial charge in [0.1, 0.15) is 12.1 Å². The Labute approximate surface area is 163 Å². The Hall–Kier alpha value is -3.48. The molecule has 3 aromatic rings. The molecule has 1 aliphatic rings. The first-order valence-corrected chi connectivity index (χ1v) is 9.15. The van der Waals surface area contributed by atoms with Crippen LogP contribution in [0.5, 0.6) is 0 Å². The SMILES string of the molecule is Cc1cccc(N2CC(C(=O)Nc3ccc(-n4ccnc4)nc3)CC2=O)c1C. The van der Waals surface area contributed by atoms with Crippen LogP contribution in [0.4, 0.5) is 11.4 Å². The van der Waals surface area contributed by atoms with Crippen LogP contribution in [0.25, 0.3) is 5.82 Å². The molecule has 0 saturated carbocycles. The molecule has 1 fully saturated rings. The molecule has 7 nitrogen and oxygen atoms in total. The van der Waals surface area contributed by atoms with Gasteiger partial charge in [-0.3, -0.25) is 14.2 Å². The quantitative estimate of drug-likeness (QED) is 0.760. The highest BCUT2D eigenvalue weighted by atomic mass is 16.2. The van der Waals surface area contributed by atoms with Crippen molar-refractivity contribution in [1.29, 1.82) is 0 Å². The van der Waals surface area contributed by atoms with Crippen LogP contribution >= 0.6 is 0 Å². The van der Waals surface area contributed by atoms with Gasteiger partial charge in [0.25, 0.3) is 0 Å². The number of carbonyl (C=O) groups is 2. The summed E-state index contributed by atoms with van der Waals surface area (Å²) in [7, 11) is 0. The van der Waals surface area contributed by atoms with E-state index in [4.69, 9.17) is 0 Å². The Bertz CT molecular complexity index is 1010. The second kappa shape index (κ2) is 7.26. The van der Waals surface area contributed by atoms with E-state index in [1.807, 2.05) is 32.0 Å². The third-order valence-electron chi connectivity index (χ3n) is 5.15. The van der Waals surface area contributed by atoms with E-state index < -0.39 is 0 Å². The lowest BCUT2D eigenvalue weighted by molar-refractivity contribution is -0.122. The Balaban J connectivity index is 1.44. The van der Waals surface area contributed by atoms with Crippen molar-refractivity contribution >= 4 is 23.2 Å². The third kappa shape index (κ3) is 3.38. The number of nitrogens with zero attached hydrogens (tertiary/aromatic N) is 4. The van der Waals surface area contributed by atoms with Gasteiger partial charge in [-0.15, -0.1) is 0 Å². The van der Waals surface area contributed by atoms with Crippen LogP contribution in [0.2, 0.25) is 0 Å². The number of anilines is 2. The minimum Gasteiger partial charge on any atom is -0.324 e. The average Bonchev–Trinajstić information content (AvgIpc) is 3.35. The molecule has 1 aliphatic heterocycles. The molecule has 2 amide bonds. The van der Waals surface area contributed by atoms with Gasteiger partial charge < -0.3 is 10.2 Å². The maximum atomic E-state index is 12.7. The molecule has 0 bridgehead atoms. The van der Waals surface area contributed by atoms with E-state index in [-0.39, 0.29) is 24.2 Å². The summed E-state index contributed by atoms with van der Waals surface area (Å²) in [5.74, 6) is 0.133. The maximum Gasteiger partial charge on any atom is 0.229 e. The van der Waals surface area contributed by atoms with Crippen LogP contribution < -0.4 is 10.2 Å². The average molecular weight is 375 g/mol. The van der Waals surface area contributed by atoms with Crippen LogP contribution in [-0.4, -0.2) is 32.9 Å². The maximum absolute atomic E-state index is 12.7. The van der Waals surface area contributed by atoms with Gasteiger partial charge in [-0.25, -0.2) is 9.97 Å². The third-order valence-corrected chi connectivity index (χ3v) is 5.15. The summed E-state index contributed by atoms with van der Waals surface area (Å²) in [6, 6.07) is 9.48. The number of hydrogen-bond donors (Lipinski definition) is 1. The Morgan fingerprint density at radius 1 is 1.21 bits per heavy atom. The van der Waals surface area contributed by atoms with E-state index in [0.717, 1.165) is 16.8 Å². The van der Waals surface area contributed by atoms with Gasteiger partial charge in [-0.2, -0.15) is 0 Å². The summed E-state index contributed by atoms with van der Waals surface area (Å²) in [6.45, 7) is 4.40. The normalized spacial score (nSPS) is 16.4. The van der Waals surface area contributed by atoms with E-state index in [1.54, 1.807) is 46.5 Å². The molecule has 0 aliphatic carbocycles. The van der Waals surface area contributed by atoms with Crippen molar-refractivity contribution in [3.8, 4) is 5.82 Å². The molecule has 1 N–H and O–H groups in total. The standard InChI is InChI=1S/C21H21N5O2/c1-14-4-3-5-18(15(14)2)26-12-16(10-20(26)27)21(28)24-17-6-7-19(23-11-17)25-9-8-22-13-25/h3-9,11,13,16H,10,12H2,1-2H3,(H,24,28). The van der Waals surface area contributed by atoms with E-state index >= 15 is 0 Å². The summed E-state index contributed by atoms with van der Waals surface area (Å²) >= 11 is 0. The molecule has 7 heteroatoms. The zero-order chi connectivity index (χ0) is 19.7. The highest BCUT2D eigenvalue weighted by Crippen LogP contribution is 2.30. The first-order chi connectivity index (χ1) is 13.5. The van der Waals surface area contributed by atoms with Gasteiger partial charge in [0.05, 0.1) is 17.8 Å². The lowest BCUT2D eigenvalue weighted by atomic mass is 10.1. The van der Waals surface area contributed by atoms with Crippen molar-refractivity contribution in [2.45, 2.75) is 20.3 Å². The molecule has 28 heavy (non-hydrogen) atoms. The van der Waals surface area contributed by atoms with Crippen molar-refractivity contribution in [1.82, 2.24) is 14.5 Å². The van der Waals surface area contributed by atoms with Crippen molar-refractivity contribution < 1.29 is 9.59 Å². The van der Waals surface area contributed by atoms with Gasteiger partial charge >= 0.3 is 0 Å². The van der Waals surface area contributed by atoms with Crippen LogP contribution in [0, 0.1) is 19.8 Å².